The standard InChI is InChI=1S/C14H16N2O5/c1-9-5-11(7-12(6-9)16(20)21)13(17)15-4-2-3-10(8-15)14(18)19/h5-7,10H,2-4,8H2,1H3,(H,18,19)/t10-/m0/s1. The number of non-ortho nitro benzene ring substituents is 1. The molecule has 0 aromatic heterocycles. The Kier molecular flexibility index (Phi) is 4.21. The van der Waals surface area contributed by atoms with E-state index in [0.29, 0.717) is 24.9 Å². The Bertz CT molecular complexity index is 599. The van der Waals surface area contributed by atoms with Crippen LogP contribution in [0.4, 0.5) is 5.69 Å². The third kappa shape index (κ3) is 3.36. The Balaban J connectivity index is 2.23. The number of nitrogens with zero attached hydrogens (tertiary/aromatic N) is 2. The maximum atomic E-state index is 12.4. The predicted octanol–water partition coefficient (Wildman–Crippen LogP) is 1.84. The zero-order chi connectivity index (χ0) is 15.6. The van der Waals surface area contributed by atoms with Crippen molar-refractivity contribution >= 4 is 17.6 Å². The van der Waals surface area contributed by atoms with E-state index >= 15 is 0 Å². The molecule has 112 valence electrons. The molecule has 1 amide bonds. The van der Waals surface area contributed by atoms with Gasteiger partial charge in [-0.2, -0.15) is 0 Å². The number of aliphatic carboxylic acids is 1. The molecule has 0 spiro atoms. The summed E-state index contributed by atoms with van der Waals surface area (Å²) in [6.07, 6.45) is 1.17. The van der Waals surface area contributed by atoms with Gasteiger partial charge in [-0.3, -0.25) is 19.7 Å². The smallest absolute Gasteiger partial charge is 0.308 e. The second kappa shape index (κ2) is 5.90. The van der Waals surface area contributed by atoms with Crippen molar-refractivity contribution < 1.29 is 19.6 Å². The van der Waals surface area contributed by atoms with Crippen LogP contribution in [0.2, 0.25) is 0 Å². The minimum absolute atomic E-state index is 0.134. The van der Waals surface area contributed by atoms with Crippen molar-refractivity contribution in [2.24, 2.45) is 5.92 Å². The van der Waals surface area contributed by atoms with Gasteiger partial charge in [0, 0.05) is 30.8 Å². The fourth-order valence-corrected chi connectivity index (χ4v) is 2.54. The number of piperidine rings is 1. The topological polar surface area (TPSA) is 101 Å². The molecule has 1 heterocycles. The Morgan fingerprint density at radius 2 is 2.10 bits per heavy atom. The summed E-state index contributed by atoms with van der Waals surface area (Å²) in [6.45, 7) is 2.31. The maximum Gasteiger partial charge on any atom is 0.308 e. The molecule has 0 aliphatic carbocycles. The quantitative estimate of drug-likeness (QED) is 0.676. The van der Waals surface area contributed by atoms with Crippen LogP contribution in [-0.4, -0.2) is 39.9 Å². The van der Waals surface area contributed by atoms with Crippen LogP contribution >= 0.6 is 0 Å². The second-order valence-electron chi connectivity index (χ2n) is 5.24. The molecule has 1 aromatic rings. The number of hydrogen-bond donors (Lipinski definition) is 1. The minimum atomic E-state index is -0.914. The van der Waals surface area contributed by atoms with Crippen molar-refractivity contribution in [1.29, 1.82) is 0 Å². The highest BCUT2D eigenvalue weighted by Crippen LogP contribution is 2.22. The van der Waals surface area contributed by atoms with Crippen LogP contribution in [0.15, 0.2) is 18.2 Å². The number of rotatable bonds is 3. The highest BCUT2D eigenvalue weighted by atomic mass is 16.6. The molecule has 1 aliphatic rings. The highest BCUT2D eigenvalue weighted by Gasteiger charge is 2.29. The first kappa shape index (κ1) is 15.0. The number of carboxylic acids is 1. The summed E-state index contributed by atoms with van der Waals surface area (Å²) in [7, 11) is 0. The van der Waals surface area contributed by atoms with E-state index in [-0.39, 0.29) is 23.7 Å². The SMILES string of the molecule is Cc1cc(C(=O)N2CCC[C@H](C(=O)O)C2)cc([N+](=O)[O-])c1. The Morgan fingerprint density at radius 1 is 1.38 bits per heavy atom. The molecule has 1 atom stereocenters. The average Bonchev–Trinajstić information content (AvgIpc) is 2.45. The van der Waals surface area contributed by atoms with E-state index < -0.39 is 16.8 Å². The highest BCUT2D eigenvalue weighted by molar-refractivity contribution is 5.95. The third-order valence-electron chi connectivity index (χ3n) is 3.58. The van der Waals surface area contributed by atoms with Crippen molar-refractivity contribution in [3.8, 4) is 0 Å². The fourth-order valence-electron chi connectivity index (χ4n) is 2.54. The van der Waals surface area contributed by atoms with Gasteiger partial charge >= 0.3 is 5.97 Å². The molecular formula is C14H16N2O5. The van der Waals surface area contributed by atoms with E-state index in [1.165, 1.54) is 17.0 Å². The molecule has 2 rings (SSSR count). The van der Waals surface area contributed by atoms with E-state index in [2.05, 4.69) is 0 Å². The molecule has 1 aliphatic heterocycles. The van der Waals surface area contributed by atoms with E-state index in [4.69, 9.17) is 5.11 Å². The summed E-state index contributed by atoms with van der Waals surface area (Å²) in [5.74, 6) is -1.84. The molecule has 1 aromatic carbocycles. The van der Waals surface area contributed by atoms with Gasteiger partial charge in [-0.1, -0.05) is 0 Å². The molecule has 0 saturated carbocycles. The summed E-state index contributed by atoms with van der Waals surface area (Å²) in [5, 5.41) is 19.9. The predicted molar refractivity (Wildman–Crippen MR) is 74.1 cm³/mol. The molecule has 21 heavy (non-hydrogen) atoms. The number of aryl methyl sites for hydroxylation is 1. The maximum absolute atomic E-state index is 12.4. The van der Waals surface area contributed by atoms with Crippen LogP contribution in [0.25, 0.3) is 0 Å². The van der Waals surface area contributed by atoms with Crippen molar-refractivity contribution in [3.05, 3.63) is 39.4 Å². The van der Waals surface area contributed by atoms with Crippen molar-refractivity contribution in [2.45, 2.75) is 19.8 Å². The zero-order valence-corrected chi connectivity index (χ0v) is 11.6. The number of nitro benzene ring substituents is 1. The number of likely N-dealkylation sites (tertiary alicyclic amines) is 1. The lowest BCUT2D eigenvalue weighted by molar-refractivity contribution is -0.384. The molecule has 0 bridgehead atoms. The summed E-state index contributed by atoms with van der Waals surface area (Å²) in [6, 6.07) is 4.21. The van der Waals surface area contributed by atoms with Gasteiger partial charge in [0.15, 0.2) is 0 Å². The van der Waals surface area contributed by atoms with Crippen molar-refractivity contribution in [1.82, 2.24) is 4.90 Å². The monoisotopic (exact) mass is 292 g/mol. The lowest BCUT2D eigenvalue weighted by atomic mass is 9.97. The molecule has 0 unspecified atom stereocenters. The number of benzene rings is 1. The summed E-state index contributed by atoms with van der Waals surface area (Å²) >= 11 is 0. The first-order chi connectivity index (χ1) is 9.88. The number of carbonyl (C=O) groups excluding carboxylic acids is 1. The van der Waals surface area contributed by atoms with Gasteiger partial charge in [-0.25, -0.2) is 0 Å². The van der Waals surface area contributed by atoms with E-state index in [1.54, 1.807) is 13.0 Å². The van der Waals surface area contributed by atoms with Gasteiger partial charge in [0.05, 0.1) is 10.8 Å². The van der Waals surface area contributed by atoms with Gasteiger partial charge in [-0.05, 0) is 31.4 Å². The molecule has 7 nitrogen and oxygen atoms in total. The normalized spacial score (nSPS) is 18.3. The summed E-state index contributed by atoms with van der Waals surface area (Å²) in [5.41, 5.74) is 0.720. The number of carboxylic acid groups (broad SMARTS) is 1. The average molecular weight is 292 g/mol. The van der Waals surface area contributed by atoms with Crippen LogP contribution in [0.1, 0.15) is 28.8 Å². The Labute approximate surface area is 121 Å². The van der Waals surface area contributed by atoms with Crippen molar-refractivity contribution in [3.63, 3.8) is 0 Å². The minimum Gasteiger partial charge on any atom is -0.481 e. The van der Waals surface area contributed by atoms with E-state index in [9.17, 15) is 19.7 Å². The largest absolute Gasteiger partial charge is 0.481 e. The summed E-state index contributed by atoms with van der Waals surface area (Å²) in [4.78, 5) is 35.2. The lowest BCUT2D eigenvalue weighted by Crippen LogP contribution is -2.42. The fraction of sp³-hybridized carbons (Fsp3) is 0.429. The first-order valence-electron chi connectivity index (χ1n) is 6.66. The molecule has 1 fully saturated rings. The van der Waals surface area contributed by atoms with Gasteiger partial charge in [0.2, 0.25) is 0 Å². The van der Waals surface area contributed by atoms with Crippen LogP contribution in [-0.2, 0) is 4.79 Å². The van der Waals surface area contributed by atoms with Gasteiger partial charge < -0.3 is 10.0 Å². The van der Waals surface area contributed by atoms with Crippen LogP contribution in [0.3, 0.4) is 0 Å². The van der Waals surface area contributed by atoms with E-state index in [0.717, 1.165) is 0 Å². The van der Waals surface area contributed by atoms with Crippen LogP contribution in [0, 0.1) is 23.0 Å². The zero-order valence-electron chi connectivity index (χ0n) is 11.6. The van der Waals surface area contributed by atoms with Gasteiger partial charge in [-0.15, -0.1) is 0 Å². The molecule has 1 N–H and O–H groups in total. The van der Waals surface area contributed by atoms with Crippen LogP contribution < -0.4 is 0 Å². The lowest BCUT2D eigenvalue weighted by Gasteiger charge is -2.30. The Hall–Kier alpha value is -2.44. The van der Waals surface area contributed by atoms with Crippen molar-refractivity contribution in [2.75, 3.05) is 13.1 Å². The van der Waals surface area contributed by atoms with E-state index in [1.807, 2.05) is 0 Å². The molecular weight excluding hydrogens is 276 g/mol. The van der Waals surface area contributed by atoms with Gasteiger partial charge in [0.1, 0.15) is 0 Å². The van der Waals surface area contributed by atoms with Gasteiger partial charge in [0.25, 0.3) is 11.6 Å². The van der Waals surface area contributed by atoms with Crippen LogP contribution in [0.5, 0.6) is 0 Å². The third-order valence-corrected chi connectivity index (χ3v) is 3.58. The number of amides is 1. The molecule has 7 heteroatoms. The second-order valence-corrected chi connectivity index (χ2v) is 5.24. The summed E-state index contributed by atoms with van der Waals surface area (Å²) < 4.78 is 0. The number of hydrogen-bond acceptors (Lipinski definition) is 4. The molecule has 0 radical (unpaired) electrons. The number of carbonyl (C=O) groups is 2. The first-order valence-corrected chi connectivity index (χ1v) is 6.66. The Morgan fingerprint density at radius 3 is 2.71 bits per heavy atom. The number of nitro groups is 1. The molecule has 1 saturated heterocycles.